The Morgan fingerprint density at radius 3 is 2.51 bits per heavy atom. The third-order valence-electron chi connectivity index (χ3n) is 9.38. The third-order valence-corrected chi connectivity index (χ3v) is 9.38. The lowest BCUT2D eigenvalue weighted by Crippen LogP contribution is -2.37. The van der Waals surface area contributed by atoms with E-state index in [1.807, 2.05) is 17.9 Å². The first-order valence-electron chi connectivity index (χ1n) is 17.3. The zero-order chi connectivity index (χ0) is 33.8. The van der Waals surface area contributed by atoms with E-state index in [9.17, 15) is 4.79 Å². The number of anilines is 1. The molecule has 3 aliphatic heterocycles. The summed E-state index contributed by atoms with van der Waals surface area (Å²) in [6.07, 6.45) is 9.59. The first-order valence-corrected chi connectivity index (χ1v) is 17.3. The second-order valence-electron chi connectivity index (χ2n) is 12.6. The summed E-state index contributed by atoms with van der Waals surface area (Å²) in [5, 5.41) is 1.11. The number of carbonyl (C=O) groups excluding carboxylic acids is 2. The summed E-state index contributed by atoms with van der Waals surface area (Å²) in [6.45, 7) is 15.9. The van der Waals surface area contributed by atoms with E-state index in [4.69, 9.17) is 35.7 Å². The molecule has 0 aliphatic carbocycles. The minimum absolute atomic E-state index is 0.110. The van der Waals surface area contributed by atoms with Crippen LogP contribution < -0.4 is 16.4 Å². The van der Waals surface area contributed by atoms with Gasteiger partial charge in [0.25, 0.3) is 0 Å². The molecule has 4 N–H and O–H groups in total. The molecule has 11 nitrogen and oxygen atoms in total. The molecule has 1 amide bonds. The number of unbranched alkanes of at least 4 members (excludes halogenated alkanes) is 2. The van der Waals surface area contributed by atoms with Crippen LogP contribution in [0.4, 0.5) is 5.69 Å². The third kappa shape index (κ3) is 8.95. The number of nitrogens with zero attached hydrogens (tertiary/aromatic N) is 5. The lowest BCUT2D eigenvalue weighted by Gasteiger charge is -2.30. The molecular weight excluding hydrogens is 594 g/mol. The molecule has 2 fully saturated rings. The number of rotatable bonds is 10. The molecule has 2 saturated heterocycles. The monoisotopic (exact) mass is 649 g/mol. The van der Waals surface area contributed by atoms with Crippen molar-refractivity contribution in [3.63, 3.8) is 0 Å². The smallest absolute Gasteiger partial charge is 0.219 e. The molecule has 1 atom stereocenters. The second-order valence-corrected chi connectivity index (χ2v) is 12.6. The zero-order valence-corrected chi connectivity index (χ0v) is 28.7. The largest absolute Gasteiger partial charge is 0.381 e. The van der Waals surface area contributed by atoms with Gasteiger partial charge in [-0.3, -0.25) is 9.78 Å². The van der Waals surface area contributed by atoms with Crippen LogP contribution in [0.25, 0.3) is 22.2 Å². The number of amides is 1. The molecule has 258 valence electrons. The van der Waals surface area contributed by atoms with Crippen LogP contribution in [0.5, 0.6) is 0 Å². The van der Waals surface area contributed by atoms with Crippen molar-refractivity contribution in [3.8, 4) is 11.3 Å². The van der Waals surface area contributed by atoms with E-state index in [1.165, 1.54) is 24.1 Å². The van der Waals surface area contributed by atoms with Crippen molar-refractivity contribution < 1.29 is 19.1 Å². The highest BCUT2D eigenvalue weighted by molar-refractivity contribution is 5.96. The van der Waals surface area contributed by atoms with E-state index in [2.05, 4.69) is 41.5 Å². The average molecular weight is 650 g/mol. The standard InChI is InChI=1S/C31H42N6O3.C4H11N.CH2O/c1-21-17-26-25(5-10-33-27(26)18-28(21)36-11-6-24(19-36)40-14-4-3-9-32)30-29-20-35(22(2)38)12-13-37(29)31(34-30)23-7-15-39-16-8-23;1-2-3-4-5;1-2/h5,10,17-18,23-24H,3-4,6-9,11-16,19-20,32H2,1-2H3;2-5H2,1H3;1H2. The van der Waals surface area contributed by atoms with E-state index >= 15 is 0 Å². The number of fused-ring (bicyclic) bond motifs is 2. The predicted octanol–water partition coefficient (Wildman–Crippen LogP) is 4.56. The maximum atomic E-state index is 12.3. The van der Waals surface area contributed by atoms with Crippen LogP contribution in [0.2, 0.25) is 0 Å². The van der Waals surface area contributed by atoms with E-state index in [0.29, 0.717) is 12.5 Å². The Bertz CT molecular complexity index is 1440. The quantitative estimate of drug-likeness (QED) is 0.303. The van der Waals surface area contributed by atoms with Crippen molar-refractivity contribution in [1.82, 2.24) is 19.4 Å². The first kappa shape index (κ1) is 36.5. The SMILES string of the molecule is C=O.CC(=O)N1CCn2c(C3CCOCC3)nc(-c3ccnc4cc(N5CCC(OCCCCN)C5)c(C)cc34)c2C1.CCCCN. The summed E-state index contributed by atoms with van der Waals surface area (Å²) in [5.41, 5.74) is 17.4. The molecule has 11 heteroatoms. The number of pyridine rings is 1. The fraction of sp³-hybridized carbons (Fsp3) is 0.611. The Hall–Kier alpha value is -3.38. The van der Waals surface area contributed by atoms with E-state index in [0.717, 1.165) is 125 Å². The van der Waals surface area contributed by atoms with Gasteiger partial charge in [0.15, 0.2) is 0 Å². The van der Waals surface area contributed by atoms with Gasteiger partial charge in [-0.1, -0.05) is 13.3 Å². The Kier molecular flexibility index (Phi) is 14.1. The molecular formula is C36H55N7O4. The van der Waals surface area contributed by atoms with Crippen LogP contribution >= 0.6 is 0 Å². The fourth-order valence-electron chi connectivity index (χ4n) is 6.77. The van der Waals surface area contributed by atoms with E-state index in [1.54, 1.807) is 6.92 Å². The second kappa shape index (κ2) is 18.2. The molecule has 1 aromatic carbocycles. The molecule has 0 bridgehead atoms. The number of imidazole rings is 1. The van der Waals surface area contributed by atoms with Gasteiger partial charge in [-0.05, 0) is 82.3 Å². The minimum atomic E-state index is 0.110. The molecule has 3 aliphatic rings. The van der Waals surface area contributed by atoms with Crippen molar-refractivity contribution >= 4 is 29.3 Å². The summed E-state index contributed by atoms with van der Waals surface area (Å²) in [6, 6.07) is 6.59. The molecule has 1 unspecified atom stereocenters. The maximum Gasteiger partial charge on any atom is 0.219 e. The van der Waals surface area contributed by atoms with Gasteiger partial charge in [0.05, 0.1) is 29.6 Å². The summed E-state index contributed by atoms with van der Waals surface area (Å²) < 4.78 is 14.2. The van der Waals surface area contributed by atoms with Gasteiger partial charge in [-0.2, -0.15) is 0 Å². The lowest BCUT2D eigenvalue weighted by atomic mass is 9.99. The van der Waals surface area contributed by atoms with Crippen molar-refractivity contribution in [1.29, 1.82) is 0 Å². The van der Waals surface area contributed by atoms with Crippen LogP contribution in [-0.2, 0) is 32.2 Å². The van der Waals surface area contributed by atoms with Crippen molar-refractivity contribution in [2.24, 2.45) is 11.5 Å². The number of hydrogen-bond donors (Lipinski definition) is 2. The number of benzene rings is 1. The highest BCUT2D eigenvalue weighted by Crippen LogP contribution is 2.38. The Balaban J connectivity index is 0.000000655. The first-order chi connectivity index (χ1) is 22.9. The lowest BCUT2D eigenvalue weighted by molar-refractivity contribution is -0.130. The maximum absolute atomic E-state index is 12.3. The number of aromatic nitrogens is 3. The van der Waals surface area contributed by atoms with Gasteiger partial charge >= 0.3 is 0 Å². The van der Waals surface area contributed by atoms with Gasteiger partial charge in [-0.15, -0.1) is 0 Å². The van der Waals surface area contributed by atoms with E-state index in [-0.39, 0.29) is 12.0 Å². The topological polar surface area (TPSA) is 142 Å². The molecule has 0 spiro atoms. The van der Waals surface area contributed by atoms with Gasteiger partial charge < -0.3 is 40.1 Å². The summed E-state index contributed by atoms with van der Waals surface area (Å²) in [4.78, 5) is 34.8. The van der Waals surface area contributed by atoms with Crippen LogP contribution in [0.15, 0.2) is 24.4 Å². The Morgan fingerprint density at radius 1 is 1.06 bits per heavy atom. The van der Waals surface area contributed by atoms with Crippen LogP contribution in [0.1, 0.15) is 81.8 Å². The average Bonchev–Trinajstić information content (AvgIpc) is 3.73. The summed E-state index contributed by atoms with van der Waals surface area (Å²) in [5.74, 6) is 1.63. The van der Waals surface area contributed by atoms with Crippen molar-refractivity contribution in [2.75, 3.05) is 57.4 Å². The Morgan fingerprint density at radius 2 is 1.83 bits per heavy atom. The number of carbonyl (C=O) groups is 2. The number of aryl methyl sites for hydroxylation is 1. The fourth-order valence-corrected chi connectivity index (χ4v) is 6.77. The molecule has 47 heavy (non-hydrogen) atoms. The van der Waals surface area contributed by atoms with Gasteiger partial charge in [0.1, 0.15) is 12.6 Å². The Labute approximate surface area is 280 Å². The zero-order valence-electron chi connectivity index (χ0n) is 28.7. The minimum Gasteiger partial charge on any atom is -0.381 e. The van der Waals surface area contributed by atoms with Crippen LogP contribution in [0, 0.1) is 6.92 Å². The molecule has 6 rings (SSSR count). The molecule has 0 saturated carbocycles. The number of nitrogens with two attached hydrogens (primary N) is 2. The molecule has 5 heterocycles. The summed E-state index contributed by atoms with van der Waals surface area (Å²) in [7, 11) is 0. The van der Waals surface area contributed by atoms with Gasteiger partial charge in [0, 0.05) is 81.7 Å². The molecule has 2 aromatic heterocycles. The highest BCUT2D eigenvalue weighted by atomic mass is 16.5. The van der Waals surface area contributed by atoms with Crippen molar-refractivity contribution in [2.45, 2.75) is 90.8 Å². The van der Waals surface area contributed by atoms with Crippen LogP contribution in [-0.4, -0.2) is 90.8 Å². The number of ether oxygens (including phenoxy) is 2. The number of hydrogen-bond acceptors (Lipinski definition) is 9. The van der Waals surface area contributed by atoms with E-state index < -0.39 is 0 Å². The van der Waals surface area contributed by atoms with Gasteiger partial charge in [0.2, 0.25) is 5.91 Å². The van der Waals surface area contributed by atoms with Crippen LogP contribution in [0.3, 0.4) is 0 Å². The normalized spacial score (nSPS) is 17.9. The predicted molar refractivity (Wildman–Crippen MR) is 188 cm³/mol. The molecule has 0 radical (unpaired) electrons. The van der Waals surface area contributed by atoms with Gasteiger partial charge in [-0.25, -0.2) is 4.98 Å². The highest BCUT2D eigenvalue weighted by Gasteiger charge is 2.31. The molecule has 3 aromatic rings. The summed E-state index contributed by atoms with van der Waals surface area (Å²) >= 11 is 0. The van der Waals surface area contributed by atoms with Crippen molar-refractivity contribution in [3.05, 3.63) is 41.5 Å².